The van der Waals surface area contributed by atoms with Gasteiger partial charge in [-0.15, -0.1) is 0 Å². The molecule has 1 aromatic carbocycles. The quantitative estimate of drug-likeness (QED) is 0.877. The number of rotatable bonds is 5. The number of aryl methyl sites for hydroxylation is 2. The summed E-state index contributed by atoms with van der Waals surface area (Å²) in [4.78, 5) is 26.3. The Labute approximate surface area is 157 Å². The van der Waals surface area contributed by atoms with Crippen molar-refractivity contribution in [3.8, 4) is 5.75 Å². The summed E-state index contributed by atoms with van der Waals surface area (Å²) in [5.74, 6) is 0.814. The SMILES string of the molecule is Cc1ccc(OCC(=O)NC2CCN(C(=O)CC(C)(C)C)CC2)cc1C. The van der Waals surface area contributed by atoms with Crippen molar-refractivity contribution in [3.63, 3.8) is 0 Å². The van der Waals surface area contributed by atoms with Crippen molar-refractivity contribution >= 4 is 11.8 Å². The van der Waals surface area contributed by atoms with Crippen LogP contribution in [0.3, 0.4) is 0 Å². The molecule has 1 aliphatic heterocycles. The average molecular weight is 360 g/mol. The van der Waals surface area contributed by atoms with Crippen LogP contribution in [0.5, 0.6) is 5.75 Å². The van der Waals surface area contributed by atoms with E-state index in [9.17, 15) is 9.59 Å². The van der Waals surface area contributed by atoms with Crippen LogP contribution < -0.4 is 10.1 Å². The molecule has 1 fully saturated rings. The summed E-state index contributed by atoms with van der Waals surface area (Å²) in [7, 11) is 0. The van der Waals surface area contributed by atoms with E-state index < -0.39 is 0 Å². The van der Waals surface area contributed by atoms with Gasteiger partial charge in [-0.25, -0.2) is 0 Å². The normalized spacial score (nSPS) is 15.7. The maximum atomic E-state index is 12.3. The molecule has 0 radical (unpaired) electrons. The molecule has 0 saturated carbocycles. The number of nitrogens with zero attached hydrogens (tertiary/aromatic N) is 1. The van der Waals surface area contributed by atoms with Crippen molar-refractivity contribution in [2.24, 2.45) is 5.41 Å². The number of likely N-dealkylation sites (tertiary alicyclic amines) is 1. The molecule has 5 heteroatoms. The van der Waals surface area contributed by atoms with E-state index in [2.05, 4.69) is 26.1 Å². The Morgan fingerprint density at radius 1 is 1.15 bits per heavy atom. The molecule has 0 atom stereocenters. The van der Waals surface area contributed by atoms with E-state index in [1.807, 2.05) is 36.9 Å². The number of carbonyl (C=O) groups is 2. The average Bonchev–Trinajstić information content (AvgIpc) is 2.55. The zero-order valence-electron chi connectivity index (χ0n) is 16.7. The van der Waals surface area contributed by atoms with Gasteiger partial charge in [0, 0.05) is 25.6 Å². The maximum absolute atomic E-state index is 12.3. The highest BCUT2D eigenvalue weighted by Crippen LogP contribution is 2.21. The number of hydrogen-bond donors (Lipinski definition) is 1. The molecule has 0 spiro atoms. The summed E-state index contributed by atoms with van der Waals surface area (Å²) < 4.78 is 5.58. The van der Waals surface area contributed by atoms with Crippen LogP contribution in [0.1, 0.15) is 51.2 Å². The lowest BCUT2D eigenvalue weighted by Crippen LogP contribution is -2.48. The first-order chi connectivity index (χ1) is 12.1. The zero-order valence-corrected chi connectivity index (χ0v) is 16.7. The van der Waals surface area contributed by atoms with Gasteiger partial charge in [0.15, 0.2) is 6.61 Å². The predicted octanol–water partition coefficient (Wildman–Crippen LogP) is 3.23. The van der Waals surface area contributed by atoms with Crippen LogP contribution in [-0.2, 0) is 9.59 Å². The highest BCUT2D eigenvalue weighted by atomic mass is 16.5. The van der Waals surface area contributed by atoms with Gasteiger partial charge in [0.2, 0.25) is 5.91 Å². The molecule has 1 saturated heterocycles. The lowest BCUT2D eigenvalue weighted by molar-refractivity contribution is -0.134. The highest BCUT2D eigenvalue weighted by Gasteiger charge is 2.26. The molecule has 5 nitrogen and oxygen atoms in total. The third kappa shape index (κ3) is 6.36. The largest absolute Gasteiger partial charge is 0.484 e. The number of carbonyl (C=O) groups excluding carboxylic acids is 2. The molecule has 0 unspecified atom stereocenters. The summed E-state index contributed by atoms with van der Waals surface area (Å²) in [5, 5.41) is 3.02. The summed E-state index contributed by atoms with van der Waals surface area (Å²) in [6.07, 6.45) is 2.16. The molecule has 144 valence electrons. The Morgan fingerprint density at radius 3 is 2.38 bits per heavy atom. The second kappa shape index (κ2) is 8.56. The predicted molar refractivity (Wildman–Crippen MR) is 103 cm³/mol. The van der Waals surface area contributed by atoms with E-state index in [0.29, 0.717) is 25.3 Å². The Kier molecular flexibility index (Phi) is 6.68. The Balaban J connectivity index is 1.72. The van der Waals surface area contributed by atoms with Gasteiger partial charge in [0.05, 0.1) is 0 Å². The van der Waals surface area contributed by atoms with Crippen molar-refractivity contribution in [3.05, 3.63) is 29.3 Å². The second-order valence-corrected chi connectivity index (χ2v) is 8.49. The lowest BCUT2D eigenvalue weighted by atomic mass is 9.91. The molecule has 2 rings (SSSR count). The Bertz CT molecular complexity index is 641. The van der Waals surface area contributed by atoms with E-state index in [-0.39, 0.29) is 29.9 Å². The maximum Gasteiger partial charge on any atom is 0.258 e. The molecule has 1 heterocycles. The van der Waals surface area contributed by atoms with Crippen molar-refractivity contribution in [2.75, 3.05) is 19.7 Å². The zero-order chi connectivity index (χ0) is 19.3. The van der Waals surface area contributed by atoms with Crippen LogP contribution in [-0.4, -0.2) is 42.5 Å². The first-order valence-electron chi connectivity index (χ1n) is 9.41. The van der Waals surface area contributed by atoms with Gasteiger partial charge in [-0.05, 0) is 55.4 Å². The first-order valence-corrected chi connectivity index (χ1v) is 9.41. The Morgan fingerprint density at radius 2 is 1.81 bits per heavy atom. The molecular formula is C21H32N2O3. The van der Waals surface area contributed by atoms with Gasteiger partial charge in [-0.3, -0.25) is 9.59 Å². The number of hydrogen-bond acceptors (Lipinski definition) is 3. The van der Waals surface area contributed by atoms with Crippen molar-refractivity contribution in [1.29, 1.82) is 0 Å². The monoisotopic (exact) mass is 360 g/mol. The summed E-state index contributed by atoms with van der Waals surface area (Å²) in [6, 6.07) is 5.94. The molecule has 0 aromatic heterocycles. The van der Waals surface area contributed by atoms with Crippen LogP contribution in [0.2, 0.25) is 0 Å². The number of nitrogens with one attached hydrogen (secondary N) is 1. The summed E-state index contributed by atoms with van der Waals surface area (Å²) >= 11 is 0. The molecule has 1 aliphatic rings. The van der Waals surface area contributed by atoms with E-state index in [0.717, 1.165) is 18.4 Å². The fourth-order valence-electron chi connectivity index (χ4n) is 3.06. The van der Waals surface area contributed by atoms with Gasteiger partial charge in [-0.1, -0.05) is 26.8 Å². The summed E-state index contributed by atoms with van der Waals surface area (Å²) in [5.41, 5.74) is 2.36. The number of amides is 2. The van der Waals surface area contributed by atoms with Gasteiger partial charge >= 0.3 is 0 Å². The van der Waals surface area contributed by atoms with E-state index in [4.69, 9.17) is 4.74 Å². The topological polar surface area (TPSA) is 58.6 Å². The van der Waals surface area contributed by atoms with Gasteiger partial charge < -0.3 is 15.0 Å². The second-order valence-electron chi connectivity index (χ2n) is 8.49. The number of benzene rings is 1. The fraction of sp³-hybridized carbons (Fsp3) is 0.619. The van der Waals surface area contributed by atoms with E-state index >= 15 is 0 Å². The third-order valence-corrected chi connectivity index (χ3v) is 4.74. The molecule has 2 amide bonds. The first kappa shape index (κ1) is 20.3. The molecule has 0 aliphatic carbocycles. The smallest absolute Gasteiger partial charge is 0.258 e. The molecule has 1 N–H and O–H groups in total. The van der Waals surface area contributed by atoms with Crippen LogP contribution in [0.25, 0.3) is 0 Å². The number of piperidine rings is 1. The highest BCUT2D eigenvalue weighted by molar-refractivity contribution is 5.78. The molecule has 26 heavy (non-hydrogen) atoms. The van der Waals surface area contributed by atoms with Crippen LogP contribution in [0, 0.1) is 19.3 Å². The lowest BCUT2D eigenvalue weighted by Gasteiger charge is -2.34. The van der Waals surface area contributed by atoms with Gasteiger partial charge in [-0.2, -0.15) is 0 Å². The number of ether oxygens (including phenoxy) is 1. The fourth-order valence-corrected chi connectivity index (χ4v) is 3.06. The summed E-state index contributed by atoms with van der Waals surface area (Å²) in [6.45, 7) is 11.7. The molecule has 0 bridgehead atoms. The Hall–Kier alpha value is -2.04. The van der Waals surface area contributed by atoms with Crippen LogP contribution >= 0.6 is 0 Å². The minimum Gasteiger partial charge on any atom is -0.484 e. The minimum absolute atomic E-state index is 0.00776. The molecular weight excluding hydrogens is 328 g/mol. The van der Waals surface area contributed by atoms with Crippen LogP contribution in [0.15, 0.2) is 18.2 Å². The van der Waals surface area contributed by atoms with Crippen molar-refractivity contribution in [1.82, 2.24) is 10.2 Å². The third-order valence-electron chi connectivity index (χ3n) is 4.74. The van der Waals surface area contributed by atoms with Gasteiger partial charge in [0.1, 0.15) is 5.75 Å². The van der Waals surface area contributed by atoms with E-state index in [1.54, 1.807) is 0 Å². The van der Waals surface area contributed by atoms with Crippen LogP contribution in [0.4, 0.5) is 0 Å². The van der Waals surface area contributed by atoms with Crippen molar-refractivity contribution in [2.45, 2.75) is 59.9 Å². The minimum atomic E-state index is -0.109. The molecule has 1 aromatic rings. The van der Waals surface area contributed by atoms with E-state index in [1.165, 1.54) is 5.56 Å². The van der Waals surface area contributed by atoms with Gasteiger partial charge in [0.25, 0.3) is 5.91 Å². The van der Waals surface area contributed by atoms with Crippen molar-refractivity contribution < 1.29 is 14.3 Å². The standard InChI is InChI=1S/C21H32N2O3/c1-15-6-7-18(12-16(15)2)26-14-19(24)22-17-8-10-23(11-9-17)20(25)13-21(3,4)5/h6-7,12,17H,8-11,13-14H2,1-5H3,(H,22,24).